The van der Waals surface area contributed by atoms with E-state index in [0.29, 0.717) is 17.9 Å². The number of hydrogen-bond acceptors (Lipinski definition) is 10. The molecule has 1 aliphatic heterocycles. The second-order valence-electron chi connectivity index (χ2n) is 11.1. The Morgan fingerprint density at radius 2 is 1.69 bits per heavy atom. The lowest BCUT2D eigenvalue weighted by atomic mass is 10.2. The first-order valence-corrected chi connectivity index (χ1v) is 17.3. The minimum atomic E-state index is -4.41. The lowest BCUT2D eigenvalue weighted by molar-refractivity contribution is 0.189. The van der Waals surface area contributed by atoms with Crippen LogP contribution in [-0.4, -0.2) is 82.3 Å². The summed E-state index contributed by atoms with van der Waals surface area (Å²) in [5, 5.41) is 11.7. The lowest BCUT2D eigenvalue weighted by Gasteiger charge is -2.35. The van der Waals surface area contributed by atoms with Crippen LogP contribution in [0.4, 0.5) is 31.7 Å². The summed E-state index contributed by atoms with van der Waals surface area (Å²) in [6.07, 6.45) is 2.87. The molecule has 0 radical (unpaired) electrons. The van der Waals surface area contributed by atoms with Crippen molar-refractivity contribution in [2.45, 2.75) is 4.90 Å². The van der Waals surface area contributed by atoms with E-state index in [0.717, 1.165) is 55.0 Å². The summed E-state index contributed by atoms with van der Waals surface area (Å²) < 4.78 is 60.9. The number of nitrogens with one attached hydrogen (secondary N) is 2. The van der Waals surface area contributed by atoms with Gasteiger partial charge in [0.1, 0.15) is 45.9 Å². The van der Waals surface area contributed by atoms with Crippen molar-refractivity contribution in [3.8, 4) is 5.82 Å². The molecule has 0 bridgehead atoms. The number of imidazole rings is 1. The van der Waals surface area contributed by atoms with Gasteiger partial charge >= 0.3 is 0 Å². The molecule has 7 rings (SSSR count). The van der Waals surface area contributed by atoms with E-state index < -0.39 is 33.0 Å². The Balaban J connectivity index is 1.21. The summed E-state index contributed by atoms with van der Waals surface area (Å²) in [6.45, 7) is 3.99. The van der Waals surface area contributed by atoms with Crippen LogP contribution in [0.1, 0.15) is 0 Å². The highest BCUT2D eigenvalue weighted by Crippen LogP contribution is 2.34. The number of aliphatic hydroxyl groups is 1. The largest absolute Gasteiger partial charge is 0.395 e. The third-order valence-electron chi connectivity index (χ3n) is 8.18. The maximum atomic E-state index is 15.8. The molecular weight excluding hydrogens is 699 g/mol. The van der Waals surface area contributed by atoms with E-state index in [1.165, 1.54) is 24.5 Å². The summed E-state index contributed by atoms with van der Waals surface area (Å²) in [5.74, 6) is -1.79. The van der Waals surface area contributed by atoms with Gasteiger partial charge < -0.3 is 15.3 Å². The number of halogens is 4. The lowest BCUT2D eigenvalue weighted by Crippen LogP contribution is -2.47. The van der Waals surface area contributed by atoms with Gasteiger partial charge in [0.25, 0.3) is 10.0 Å². The molecule has 0 saturated carbocycles. The molecule has 0 aliphatic carbocycles. The van der Waals surface area contributed by atoms with Gasteiger partial charge in [-0.3, -0.25) is 14.2 Å². The number of pyridine rings is 1. The highest BCUT2D eigenvalue weighted by molar-refractivity contribution is 7.92. The van der Waals surface area contributed by atoms with Crippen LogP contribution in [0.5, 0.6) is 0 Å². The number of para-hydroxylation sites is 1. The van der Waals surface area contributed by atoms with Crippen LogP contribution < -0.4 is 14.9 Å². The molecule has 3 N–H and O–H groups in total. The minimum absolute atomic E-state index is 0.00789. The van der Waals surface area contributed by atoms with Crippen LogP contribution in [0.2, 0.25) is 10.0 Å². The molecule has 17 heteroatoms. The number of aromatic nitrogens is 5. The molecule has 6 aromatic rings. The third-order valence-corrected chi connectivity index (χ3v) is 10.5. The Kier molecular flexibility index (Phi) is 8.94. The zero-order valence-corrected chi connectivity index (χ0v) is 27.8. The van der Waals surface area contributed by atoms with E-state index in [2.05, 4.69) is 29.8 Å². The zero-order chi connectivity index (χ0) is 34.3. The van der Waals surface area contributed by atoms with Gasteiger partial charge in [0.2, 0.25) is 0 Å². The Hall–Kier alpha value is -4.67. The Morgan fingerprint density at radius 1 is 0.898 bits per heavy atom. The smallest absolute Gasteiger partial charge is 0.263 e. The Labute approximate surface area is 289 Å². The summed E-state index contributed by atoms with van der Waals surface area (Å²) in [5.41, 5.74) is 1.94. The number of nitrogens with zero attached hydrogens (tertiary/aromatic N) is 7. The molecule has 3 aromatic heterocycles. The number of hydrogen-bond donors (Lipinski definition) is 3. The molecule has 252 valence electrons. The predicted molar refractivity (Wildman–Crippen MR) is 185 cm³/mol. The molecule has 4 heterocycles. The normalized spacial score (nSPS) is 14.1. The number of aliphatic hydroxyl groups excluding tert-OH is 1. The number of sulfonamides is 1. The molecular formula is C32H27Cl2F2N9O3S. The van der Waals surface area contributed by atoms with Gasteiger partial charge in [0, 0.05) is 32.7 Å². The van der Waals surface area contributed by atoms with E-state index in [1.807, 2.05) is 18.2 Å². The molecule has 12 nitrogen and oxygen atoms in total. The van der Waals surface area contributed by atoms with Gasteiger partial charge in [-0.1, -0.05) is 35.3 Å². The Morgan fingerprint density at radius 3 is 2.49 bits per heavy atom. The average Bonchev–Trinajstić information content (AvgIpc) is 3.54. The SMILES string of the molecule is O=S(=O)(Nc1ccc(F)c(Nc2ncnc3ccc(-n4cnc5c(N6CCN(CCO)CC6)cccc54)nc23)c1F)c1cccc(Cl)c1Cl. The second-order valence-corrected chi connectivity index (χ2v) is 13.6. The second kappa shape index (κ2) is 13.3. The molecule has 0 amide bonds. The molecule has 1 aliphatic rings. The minimum Gasteiger partial charge on any atom is -0.395 e. The molecule has 0 atom stereocenters. The van der Waals surface area contributed by atoms with E-state index in [4.69, 9.17) is 33.2 Å². The van der Waals surface area contributed by atoms with Crippen molar-refractivity contribution in [1.82, 2.24) is 29.4 Å². The van der Waals surface area contributed by atoms with Crippen molar-refractivity contribution in [1.29, 1.82) is 0 Å². The maximum absolute atomic E-state index is 15.8. The van der Waals surface area contributed by atoms with Crippen molar-refractivity contribution < 1.29 is 22.3 Å². The van der Waals surface area contributed by atoms with Gasteiger partial charge in [0.05, 0.1) is 39.1 Å². The van der Waals surface area contributed by atoms with Crippen LogP contribution in [0.15, 0.2) is 78.2 Å². The molecule has 1 fully saturated rings. The monoisotopic (exact) mass is 725 g/mol. The van der Waals surface area contributed by atoms with Crippen molar-refractivity contribution >= 4 is 78.2 Å². The topological polar surface area (TPSA) is 141 Å². The van der Waals surface area contributed by atoms with Crippen molar-refractivity contribution in [3.63, 3.8) is 0 Å². The summed E-state index contributed by atoms with van der Waals surface area (Å²) >= 11 is 12.1. The average molecular weight is 727 g/mol. The van der Waals surface area contributed by atoms with E-state index in [1.54, 1.807) is 23.0 Å². The molecule has 0 spiro atoms. The first-order valence-electron chi connectivity index (χ1n) is 15.0. The fourth-order valence-corrected chi connectivity index (χ4v) is 7.55. The van der Waals surface area contributed by atoms with Crippen LogP contribution in [-0.2, 0) is 10.0 Å². The van der Waals surface area contributed by atoms with Crippen LogP contribution >= 0.6 is 23.2 Å². The van der Waals surface area contributed by atoms with Crippen molar-refractivity contribution in [3.05, 3.63) is 95.0 Å². The summed E-state index contributed by atoms with van der Waals surface area (Å²) in [4.78, 5) is 22.0. The van der Waals surface area contributed by atoms with Gasteiger partial charge in [-0.15, -0.1) is 0 Å². The number of piperazine rings is 1. The zero-order valence-electron chi connectivity index (χ0n) is 25.5. The van der Waals surface area contributed by atoms with Crippen LogP contribution in [0, 0.1) is 11.6 Å². The number of rotatable bonds is 9. The third kappa shape index (κ3) is 6.31. The highest BCUT2D eigenvalue weighted by atomic mass is 35.5. The fourth-order valence-electron chi connectivity index (χ4n) is 5.73. The number of β-amino-alcohol motifs (C(OH)–C–C–N with tert-alkyl or cyclic N) is 1. The fraction of sp³-hybridized carbons (Fsp3) is 0.188. The first kappa shape index (κ1) is 32.9. The van der Waals surface area contributed by atoms with Gasteiger partial charge in [-0.2, -0.15) is 0 Å². The molecule has 0 unspecified atom stereocenters. The highest BCUT2D eigenvalue weighted by Gasteiger charge is 2.25. The first-order chi connectivity index (χ1) is 23.6. The number of benzene rings is 3. The molecule has 49 heavy (non-hydrogen) atoms. The Bertz CT molecular complexity index is 2320. The molecule has 1 saturated heterocycles. The van der Waals surface area contributed by atoms with Crippen molar-refractivity contribution in [2.24, 2.45) is 0 Å². The van der Waals surface area contributed by atoms with Gasteiger partial charge in [0.15, 0.2) is 11.6 Å². The summed E-state index contributed by atoms with van der Waals surface area (Å²) in [6, 6.07) is 15.2. The van der Waals surface area contributed by atoms with Gasteiger partial charge in [-0.25, -0.2) is 37.1 Å². The van der Waals surface area contributed by atoms with E-state index in [9.17, 15) is 13.5 Å². The van der Waals surface area contributed by atoms with E-state index >= 15 is 8.78 Å². The van der Waals surface area contributed by atoms with Crippen LogP contribution in [0.25, 0.3) is 27.9 Å². The quantitative estimate of drug-likeness (QED) is 0.172. The van der Waals surface area contributed by atoms with Crippen molar-refractivity contribution in [2.75, 3.05) is 54.3 Å². The molecule has 3 aromatic carbocycles. The predicted octanol–water partition coefficient (Wildman–Crippen LogP) is 5.61. The van der Waals surface area contributed by atoms with Crippen LogP contribution in [0.3, 0.4) is 0 Å². The summed E-state index contributed by atoms with van der Waals surface area (Å²) in [7, 11) is -4.41. The standard InChI is InChI=1S/C32H27Cl2F2N9O3S/c33-19-3-1-6-25(27(19)34)49(47,48)42-21-8-7-20(35)29(28(21)36)41-32-30-22(37-17-38-32)9-10-26(40-30)45-18-39-31-23(4-2-5-24(31)45)44-13-11-43(12-14-44)15-16-46/h1-10,17-18,42,46H,11-16H2,(H,37,38,41). The number of anilines is 4. The van der Waals surface area contributed by atoms with Gasteiger partial charge in [-0.05, 0) is 48.5 Å². The van der Waals surface area contributed by atoms with E-state index in [-0.39, 0.29) is 32.9 Å². The number of fused-ring (bicyclic) bond motifs is 2. The maximum Gasteiger partial charge on any atom is 0.263 e.